The molecule has 23 heavy (non-hydrogen) atoms. The third-order valence-corrected chi connectivity index (χ3v) is 4.20. The molecule has 2 aromatic heterocycles. The van der Waals surface area contributed by atoms with Crippen LogP contribution in [0.3, 0.4) is 0 Å². The fourth-order valence-electron chi connectivity index (χ4n) is 2.69. The van der Waals surface area contributed by atoms with Gasteiger partial charge in [-0.1, -0.05) is 20.8 Å². The molecule has 1 aliphatic rings. The van der Waals surface area contributed by atoms with Gasteiger partial charge in [0.2, 0.25) is 5.95 Å². The van der Waals surface area contributed by atoms with Crippen molar-refractivity contribution in [1.82, 2.24) is 19.9 Å². The van der Waals surface area contributed by atoms with Gasteiger partial charge in [-0.15, -0.1) is 0 Å². The van der Waals surface area contributed by atoms with Crippen LogP contribution in [0.1, 0.15) is 43.8 Å². The van der Waals surface area contributed by atoms with Gasteiger partial charge >= 0.3 is 0 Å². The lowest BCUT2D eigenvalue weighted by Crippen LogP contribution is -2.46. The van der Waals surface area contributed by atoms with Crippen LogP contribution in [0.2, 0.25) is 0 Å². The van der Waals surface area contributed by atoms with E-state index in [4.69, 9.17) is 4.42 Å². The summed E-state index contributed by atoms with van der Waals surface area (Å²) in [6.07, 6.45) is 6.62. The molecule has 0 spiro atoms. The van der Waals surface area contributed by atoms with Crippen LogP contribution in [0.15, 0.2) is 23.1 Å². The van der Waals surface area contributed by atoms with Crippen LogP contribution in [0.5, 0.6) is 0 Å². The molecule has 1 saturated heterocycles. The van der Waals surface area contributed by atoms with E-state index in [2.05, 4.69) is 45.5 Å². The maximum Gasteiger partial charge on any atom is 0.225 e. The number of aromatic nitrogens is 3. The Morgan fingerprint density at radius 1 is 1.13 bits per heavy atom. The number of oxazole rings is 1. The van der Waals surface area contributed by atoms with Crippen LogP contribution in [0.4, 0.5) is 5.95 Å². The lowest BCUT2D eigenvalue weighted by Gasteiger charge is -2.34. The third-order valence-electron chi connectivity index (χ3n) is 4.20. The molecule has 0 aromatic carbocycles. The van der Waals surface area contributed by atoms with Crippen LogP contribution in [-0.4, -0.2) is 46.0 Å². The van der Waals surface area contributed by atoms with Crippen molar-refractivity contribution in [2.45, 2.75) is 39.7 Å². The first-order chi connectivity index (χ1) is 11.2. The topological polar surface area (TPSA) is 58.3 Å². The van der Waals surface area contributed by atoms with E-state index in [0.29, 0.717) is 5.92 Å². The monoisotopic (exact) mass is 315 g/mol. The normalized spacial score (nSPS) is 16.3. The van der Waals surface area contributed by atoms with E-state index in [1.807, 2.05) is 12.4 Å². The number of rotatable bonds is 5. The van der Waals surface area contributed by atoms with E-state index in [-0.39, 0.29) is 0 Å². The first kappa shape index (κ1) is 15.9. The second-order valence-electron chi connectivity index (χ2n) is 6.34. The summed E-state index contributed by atoms with van der Waals surface area (Å²) in [6.45, 7) is 11.0. The Kier molecular flexibility index (Phi) is 4.91. The number of aryl methyl sites for hydroxylation is 1. The van der Waals surface area contributed by atoms with Gasteiger partial charge in [0.25, 0.3) is 0 Å². The van der Waals surface area contributed by atoms with E-state index < -0.39 is 0 Å². The molecule has 0 unspecified atom stereocenters. The highest BCUT2D eigenvalue weighted by molar-refractivity contribution is 5.30. The second-order valence-corrected chi connectivity index (χ2v) is 6.34. The molecule has 3 heterocycles. The molecule has 0 atom stereocenters. The molecule has 2 aromatic rings. The van der Waals surface area contributed by atoms with Crippen molar-refractivity contribution in [1.29, 1.82) is 0 Å². The number of anilines is 1. The third kappa shape index (κ3) is 3.88. The highest BCUT2D eigenvalue weighted by Gasteiger charge is 2.20. The zero-order chi connectivity index (χ0) is 16.2. The largest absolute Gasteiger partial charge is 0.448 e. The Balaban J connectivity index is 1.53. The lowest BCUT2D eigenvalue weighted by atomic mass is 10.2. The number of hydrogen-bond donors (Lipinski definition) is 0. The predicted octanol–water partition coefficient (Wildman–Crippen LogP) is 2.47. The van der Waals surface area contributed by atoms with Gasteiger partial charge in [-0.05, 0) is 12.0 Å². The van der Waals surface area contributed by atoms with E-state index in [9.17, 15) is 0 Å². The van der Waals surface area contributed by atoms with E-state index in [1.54, 1.807) is 6.26 Å². The van der Waals surface area contributed by atoms with Gasteiger partial charge in [-0.2, -0.15) is 0 Å². The summed E-state index contributed by atoms with van der Waals surface area (Å²) in [4.78, 5) is 18.2. The summed E-state index contributed by atoms with van der Waals surface area (Å²) in [5, 5.41) is 0. The molecule has 0 N–H and O–H groups in total. The molecule has 124 valence electrons. The second kappa shape index (κ2) is 7.08. The number of piperazine rings is 1. The Labute approximate surface area is 137 Å². The molecule has 0 radical (unpaired) electrons. The van der Waals surface area contributed by atoms with Gasteiger partial charge in [0, 0.05) is 51.0 Å². The van der Waals surface area contributed by atoms with Gasteiger partial charge in [0.05, 0.1) is 5.69 Å². The molecule has 6 heteroatoms. The minimum Gasteiger partial charge on any atom is -0.448 e. The van der Waals surface area contributed by atoms with Crippen molar-refractivity contribution in [3.05, 3.63) is 35.8 Å². The highest BCUT2D eigenvalue weighted by Crippen LogP contribution is 2.16. The SMILES string of the molecule is CCc1cnc(N2CCN(Cc3coc(C(C)C)n3)CC2)nc1. The first-order valence-corrected chi connectivity index (χ1v) is 8.38. The molecule has 1 fully saturated rings. The molecule has 0 saturated carbocycles. The van der Waals surface area contributed by atoms with Crippen LogP contribution in [0, 0.1) is 0 Å². The standard InChI is InChI=1S/C17H25N5O/c1-4-14-9-18-17(19-10-14)22-7-5-21(6-8-22)11-15-12-23-16(20-15)13(2)3/h9-10,12-13H,4-8,11H2,1-3H3. The summed E-state index contributed by atoms with van der Waals surface area (Å²) in [5.74, 6) is 2.00. The average molecular weight is 315 g/mol. The van der Waals surface area contributed by atoms with Gasteiger partial charge in [0.15, 0.2) is 5.89 Å². The zero-order valence-electron chi connectivity index (χ0n) is 14.2. The predicted molar refractivity (Wildman–Crippen MR) is 89.5 cm³/mol. The van der Waals surface area contributed by atoms with Crippen molar-refractivity contribution in [3.63, 3.8) is 0 Å². The summed E-state index contributed by atoms with van der Waals surface area (Å²) in [7, 11) is 0. The summed E-state index contributed by atoms with van der Waals surface area (Å²) < 4.78 is 5.51. The quantitative estimate of drug-likeness (QED) is 0.845. The van der Waals surface area contributed by atoms with Gasteiger partial charge < -0.3 is 9.32 Å². The minimum absolute atomic E-state index is 0.337. The van der Waals surface area contributed by atoms with Gasteiger partial charge in [0.1, 0.15) is 6.26 Å². The van der Waals surface area contributed by atoms with Crippen LogP contribution < -0.4 is 4.90 Å². The molecule has 0 amide bonds. The summed E-state index contributed by atoms with van der Waals surface area (Å²) >= 11 is 0. The maximum atomic E-state index is 5.51. The Bertz CT molecular complexity index is 614. The lowest BCUT2D eigenvalue weighted by molar-refractivity contribution is 0.246. The number of hydrogen-bond acceptors (Lipinski definition) is 6. The molecule has 0 aliphatic carbocycles. The van der Waals surface area contributed by atoms with Crippen LogP contribution in [0.25, 0.3) is 0 Å². The fourth-order valence-corrected chi connectivity index (χ4v) is 2.69. The van der Waals surface area contributed by atoms with E-state index in [0.717, 1.165) is 56.7 Å². The van der Waals surface area contributed by atoms with E-state index >= 15 is 0 Å². The minimum atomic E-state index is 0.337. The van der Waals surface area contributed by atoms with Gasteiger partial charge in [-0.3, -0.25) is 4.90 Å². The Morgan fingerprint density at radius 3 is 2.39 bits per heavy atom. The average Bonchev–Trinajstić information content (AvgIpc) is 3.04. The molecule has 3 rings (SSSR count). The summed E-state index contributed by atoms with van der Waals surface area (Å²) in [5.41, 5.74) is 2.20. The van der Waals surface area contributed by atoms with E-state index in [1.165, 1.54) is 5.56 Å². The molecule has 6 nitrogen and oxygen atoms in total. The smallest absolute Gasteiger partial charge is 0.225 e. The molecular weight excluding hydrogens is 290 g/mol. The Morgan fingerprint density at radius 2 is 1.83 bits per heavy atom. The molecule has 1 aliphatic heterocycles. The first-order valence-electron chi connectivity index (χ1n) is 8.38. The Hall–Kier alpha value is -1.95. The van der Waals surface area contributed by atoms with Crippen LogP contribution in [-0.2, 0) is 13.0 Å². The highest BCUT2D eigenvalue weighted by atomic mass is 16.3. The van der Waals surface area contributed by atoms with Crippen molar-refractivity contribution >= 4 is 5.95 Å². The summed E-state index contributed by atoms with van der Waals surface area (Å²) in [6, 6.07) is 0. The van der Waals surface area contributed by atoms with Crippen molar-refractivity contribution in [3.8, 4) is 0 Å². The van der Waals surface area contributed by atoms with Crippen molar-refractivity contribution in [2.24, 2.45) is 0 Å². The van der Waals surface area contributed by atoms with Crippen LogP contribution >= 0.6 is 0 Å². The molecule has 0 bridgehead atoms. The zero-order valence-corrected chi connectivity index (χ0v) is 14.2. The maximum absolute atomic E-state index is 5.51. The number of nitrogens with zero attached hydrogens (tertiary/aromatic N) is 5. The molecular formula is C17H25N5O. The van der Waals surface area contributed by atoms with Gasteiger partial charge in [-0.25, -0.2) is 15.0 Å². The van der Waals surface area contributed by atoms with Crippen molar-refractivity contribution < 1.29 is 4.42 Å². The van der Waals surface area contributed by atoms with Crippen molar-refractivity contribution in [2.75, 3.05) is 31.1 Å². The fraction of sp³-hybridized carbons (Fsp3) is 0.588.